The number of hydrogen-bond donors (Lipinski definition) is 0. The molecule has 0 fully saturated rings. The molecule has 9 aromatic rings. The molecule has 12 rings (SSSR count). The lowest BCUT2D eigenvalue weighted by Crippen LogP contribution is -2.57. The van der Waals surface area contributed by atoms with E-state index in [4.69, 9.17) is 14.2 Å². The van der Waals surface area contributed by atoms with Crippen LogP contribution in [0.15, 0.2) is 194 Å². The highest BCUT2D eigenvalue weighted by Gasteiger charge is 2.37. The minimum absolute atomic E-state index is 0.0180. The topological polar surface area (TPSA) is 34.2 Å². The Morgan fingerprint density at radius 1 is 0.333 bits per heavy atom. The molecule has 6 heteroatoms. The van der Waals surface area contributed by atoms with Crippen molar-refractivity contribution >= 4 is 57.2 Å². The Morgan fingerprint density at radius 3 is 1.01 bits per heavy atom. The molecule has 0 atom stereocenters. The summed E-state index contributed by atoms with van der Waals surface area (Å²) in [5, 5.41) is 0. The van der Waals surface area contributed by atoms with Gasteiger partial charge in [-0.05, 0) is 153 Å². The van der Waals surface area contributed by atoms with Crippen LogP contribution in [0.4, 0.5) is 34.1 Å². The largest absolute Gasteiger partial charge is 0.458 e. The van der Waals surface area contributed by atoms with Crippen molar-refractivity contribution in [3.05, 3.63) is 211 Å². The molecule has 69 heavy (non-hydrogen) atoms. The van der Waals surface area contributed by atoms with Gasteiger partial charge in [0.2, 0.25) is 0 Å². The number of nitrogens with zero attached hydrogens (tertiary/aromatic N) is 2. The molecule has 3 aliphatic heterocycles. The summed E-state index contributed by atoms with van der Waals surface area (Å²) in [6.07, 6.45) is 0. The van der Waals surface area contributed by atoms with Crippen LogP contribution in [0.2, 0.25) is 0 Å². The van der Waals surface area contributed by atoms with Crippen molar-refractivity contribution < 1.29 is 14.2 Å². The third kappa shape index (κ3) is 7.34. The van der Waals surface area contributed by atoms with Gasteiger partial charge in [-0.25, -0.2) is 0 Å². The first kappa shape index (κ1) is 42.4. The third-order valence-electron chi connectivity index (χ3n) is 14.1. The first-order chi connectivity index (χ1) is 33.7. The van der Waals surface area contributed by atoms with Gasteiger partial charge in [0.25, 0.3) is 6.71 Å². The summed E-state index contributed by atoms with van der Waals surface area (Å²) in [6.45, 7) is 14.0. The van der Waals surface area contributed by atoms with Crippen molar-refractivity contribution in [1.29, 1.82) is 0 Å². The van der Waals surface area contributed by atoms with E-state index < -0.39 is 0 Å². The van der Waals surface area contributed by atoms with Crippen molar-refractivity contribution in [2.75, 3.05) is 9.80 Å². The van der Waals surface area contributed by atoms with Crippen LogP contribution < -0.4 is 40.4 Å². The second kappa shape index (κ2) is 17.0. The number of fused-ring (bicyclic) bond motifs is 6. The predicted octanol–water partition coefficient (Wildman–Crippen LogP) is 16.2. The fourth-order valence-corrected chi connectivity index (χ4v) is 10.6. The molecular weight excluding hydrogens is 844 g/mol. The van der Waals surface area contributed by atoms with Crippen molar-refractivity contribution in [2.24, 2.45) is 0 Å². The molecular formula is C63H53BN2O3. The van der Waals surface area contributed by atoms with E-state index in [0.29, 0.717) is 17.8 Å². The van der Waals surface area contributed by atoms with Crippen LogP contribution in [-0.2, 0) is 0 Å². The summed E-state index contributed by atoms with van der Waals surface area (Å²) in [4.78, 5) is 4.56. The van der Waals surface area contributed by atoms with Gasteiger partial charge in [0.05, 0.1) is 22.7 Å². The van der Waals surface area contributed by atoms with Crippen LogP contribution in [0.5, 0.6) is 34.5 Å². The van der Waals surface area contributed by atoms with Gasteiger partial charge < -0.3 is 24.0 Å². The van der Waals surface area contributed by atoms with E-state index >= 15 is 0 Å². The quantitative estimate of drug-likeness (QED) is 0.142. The maximum atomic E-state index is 7.17. The highest BCUT2D eigenvalue weighted by molar-refractivity contribution is 6.97. The second-order valence-corrected chi connectivity index (χ2v) is 19.5. The lowest BCUT2D eigenvalue weighted by Gasteiger charge is -2.33. The Labute approximate surface area is 406 Å². The van der Waals surface area contributed by atoms with Gasteiger partial charge in [-0.15, -0.1) is 0 Å². The van der Waals surface area contributed by atoms with Crippen LogP contribution in [0.1, 0.15) is 76.0 Å². The minimum Gasteiger partial charge on any atom is -0.458 e. The lowest BCUT2D eigenvalue weighted by molar-refractivity contribution is 0.477. The summed E-state index contributed by atoms with van der Waals surface area (Å²) in [5.74, 6) is 6.22. The monoisotopic (exact) mass is 896 g/mol. The summed E-state index contributed by atoms with van der Waals surface area (Å²) in [5.41, 5.74) is 18.6. The number of rotatable bonds is 8. The SMILES string of the molecule is CC(C)c1cc(C(C)C)c(B2c3ccc(-c4ccc(N5c6ccccc6Oc6ccccc65)cc4)cc3Oc3cc(-c4ccc(N5c6ccccc6Oc6ccccc65)cc4)ccc32)c(C(C)C)c1. The molecule has 0 radical (unpaired) electrons. The third-order valence-corrected chi connectivity index (χ3v) is 14.1. The Bertz CT molecular complexity index is 3120. The van der Waals surface area contributed by atoms with Crippen LogP contribution in [-0.4, -0.2) is 6.71 Å². The van der Waals surface area contributed by atoms with Gasteiger partial charge in [0.1, 0.15) is 11.5 Å². The van der Waals surface area contributed by atoms with Gasteiger partial charge in [-0.1, -0.05) is 156 Å². The summed E-state index contributed by atoms with van der Waals surface area (Å²) in [6, 6.07) is 69.3. The van der Waals surface area contributed by atoms with E-state index in [1.54, 1.807) is 0 Å². The summed E-state index contributed by atoms with van der Waals surface area (Å²) >= 11 is 0. The summed E-state index contributed by atoms with van der Waals surface area (Å²) < 4.78 is 19.8. The molecule has 0 spiro atoms. The van der Waals surface area contributed by atoms with E-state index in [0.717, 1.165) is 90.9 Å². The Hall–Kier alpha value is -7.96. The van der Waals surface area contributed by atoms with E-state index in [9.17, 15) is 0 Å². The number of ether oxygens (including phenoxy) is 3. The first-order valence-electron chi connectivity index (χ1n) is 24.3. The minimum atomic E-state index is -0.0180. The molecule has 3 aliphatic rings. The van der Waals surface area contributed by atoms with E-state index in [1.807, 2.05) is 48.5 Å². The zero-order valence-electron chi connectivity index (χ0n) is 39.9. The molecule has 0 saturated heterocycles. The maximum Gasteiger partial charge on any atom is 0.251 e. The van der Waals surface area contributed by atoms with Crippen molar-refractivity contribution in [3.63, 3.8) is 0 Å². The van der Waals surface area contributed by atoms with Crippen LogP contribution in [0.25, 0.3) is 22.3 Å². The van der Waals surface area contributed by atoms with Crippen LogP contribution in [0, 0.1) is 0 Å². The molecule has 0 N–H and O–H groups in total. The Kier molecular flexibility index (Phi) is 10.4. The smallest absolute Gasteiger partial charge is 0.251 e. The summed E-state index contributed by atoms with van der Waals surface area (Å²) in [7, 11) is 0. The number of benzene rings is 9. The number of anilines is 6. The molecule has 0 unspecified atom stereocenters. The Morgan fingerprint density at radius 2 is 0.667 bits per heavy atom. The van der Waals surface area contributed by atoms with E-state index in [-0.39, 0.29) is 6.71 Å². The van der Waals surface area contributed by atoms with E-state index in [1.165, 1.54) is 33.1 Å². The molecule has 0 aliphatic carbocycles. The standard InChI is InChI=1S/C63H53BN2O3/c1-39(2)46-35-49(40(3)4)63(50(36-46)41(5)6)64-51-33-27-44(42-23-29-47(30-24-42)65-53-15-7-11-19-57(53)67-58-20-12-8-16-54(58)65)37-61(51)69-62-38-45(28-34-52(62)64)43-25-31-48(32-26-43)66-55-17-9-13-21-59(55)68-60-22-14-10-18-56(60)66/h7-41H,1-6H3. The molecule has 0 saturated carbocycles. The van der Waals surface area contributed by atoms with Gasteiger partial charge in [-0.3, -0.25) is 0 Å². The average molecular weight is 897 g/mol. The number of hydrogen-bond acceptors (Lipinski definition) is 5. The van der Waals surface area contributed by atoms with Crippen molar-refractivity contribution in [1.82, 2.24) is 0 Å². The maximum absolute atomic E-state index is 7.17. The zero-order valence-corrected chi connectivity index (χ0v) is 39.9. The highest BCUT2D eigenvalue weighted by Crippen LogP contribution is 2.52. The molecule has 3 heterocycles. The average Bonchev–Trinajstić information content (AvgIpc) is 3.38. The normalized spacial score (nSPS) is 13.1. The molecule has 9 aromatic carbocycles. The van der Waals surface area contributed by atoms with Gasteiger partial charge in [-0.2, -0.15) is 0 Å². The first-order valence-corrected chi connectivity index (χ1v) is 24.3. The van der Waals surface area contributed by atoms with Crippen LogP contribution >= 0.6 is 0 Å². The molecule has 0 aromatic heterocycles. The van der Waals surface area contributed by atoms with Crippen LogP contribution in [0.3, 0.4) is 0 Å². The fourth-order valence-electron chi connectivity index (χ4n) is 10.6. The fraction of sp³-hybridized carbons (Fsp3) is 0.143. The van der Waals surface area contributed by atoms with Gasteiger partial charge in [0, 0.05) is 11.4 Å². The molecule has 0 amide bonds. The Balaban J connectivity index is 0.950. The lowest BCUT2D eigenvalue weighted by atomic mass is 9.33. The van der Waals surface area contributed by atoms with Crippen molar-refractivity contribution in [3.8, 4) is 56.8 Å². The molecule has 336 valence electrons. The zero-order chi connectivity index (χ0) is 46.9. The highest BCUT2D eigenvalue weighted by atomic mass is 16.5. The van der Waals surface area contributed by atoms with E-state index in [2.05, 4.69) is 197 Å². The van der Waals surface area contributed by atoms with Gasteiger partial charge in [0.15, 0.2) is 23.0 Å². The molecule has 0 bridgehead atoms. The van der Waals surface area contributed by atoms with Crippen molar-refractivity contribution in [2.45, 2.75) is 59.3 Å². The second-order valence-electron chi connectivity index (χ2n) is 19.5. The number of para-hydroxylation sites is 8. The molecule has 5 nitrogen and oxygen atoms in total. The predicted molar refractivity (Wildman–Crippen MR) is 287 cm³/mol. The van der Waals surface area contributed by atoms with Gasteiger partial charge >= 0.3 is 0 Å².